The van der Waals surface area contributed by atoms with E-state index in [1.807, 2.05) is 0 Å². The summed E-state index contributed by atoms with van der Waals surface area (Å²) in [6, 6.07) is 3.15. The van der Waals surface area contributed by atoms with Gasteiger partial charge in [-0.25, -0.2) is 22.9 Å². The topological polar surface area (TPSA) is 62.7 Å². The molecule has 0 aliphatic carbocycles. The molecule has 2 heterocycles. The average molecular weight is 536 g/mol. The monoisotopic (exact) mass is 536 g/mol. The van der Waals surface area contributed by atoms with Crippen LogP contribution >= 0.6 is 12.6 Å². The van der Waals surface area contributed by atoms with Crippen LogP contribution in [0.4, 0.5) is 45.3 Å². The highest BCUT2D eigenvalue weighted by atomic mass is 32.1. The smallest absolute Gasteiger partial charge is 0.475 e. The number of carbonyl (C=O) groups is 1. The maximum absolute atomic E-state index is 13.7. The Morgan fingerprint density at radius 1 is 1.09 bits per heavy atom. The molecule has 1 aliphatic heterocycles. The SMILES string of the molecule is Fc1cc(F)c(COC[C@@H]2C[C@@H](S)CN2c2ccc(C(F)(F)F)cn2)cc1F.O=C(O)C(F)(F)F. The second-order valence-corrected chi connectivity index (χ2v) is 8.00. The molecule has 1 aliphatic rings. The standard InChI is InChI=1S/C18H16F6N2OS.C2HF3O2/c19-14-5-16(21)15(20)3-10(14)8-27-9-12-4-13(28)7-26(12)17-2-1-11(6-25-17)18(22,23)24;3-2(4,5)1(6)7/h1-3,5-6,12-13,28H,4,7-9H2;(H,6,7)/t12-,13+;/m0./s1. The summed E-state index contributed by atoms with van der Waals surface area (Å²) in [5.74, 6) is -5.79. The number of alkyl halides is 6. The largest absolute Gasteiger partial charge is 0.490 e. The number of carboxylic acid groups (broad SMARTS) is 1. The van der Waals surface area contributed by atoms with Gasteiger partial charge in [0.05, 0.1) is 24.8 Å². The van der Waals surface area contributed by atoms with Gasteiger partial charge in [0.25, 0.3) is 0 Å². The molecular formula is C20H17F9N2O3S. The van der Waals surface area contributed by atoms with Crippen molar-refractivity contribution in [2.45, 2.75) is 36.7 Å². The number of nitrogens with zero attached hydrogens (tertiary/aromatic N) is 2. The molecule has 5 nitrogen and oxygen atoms in total. The van der Waals surface area contributed by atoms with Crippen LogP contribution in [0.15, 0.2) is 30.5 Å². The third-order valence-electron chi connectivity index (χ3n) is 4.66. The van der Waals surface area contributed by atoms with Crippen LogP contribution in [-0.2, 0) is 22.3 Å². The van der Waals surface area contributed by atoms with Crippen molar-refractivity contribution in [2.75, 3.05) is 18.1 Å². The van der Waals surface area contributed by atoms with Gasteiger partial charge >= 0.3 is 18.3 Å². The molecule has 0 unspecified atom stereocenters. The zero-order valence-electron chi connectivity index (χ0n) is 17.4. The zero-order valence-corrected chi connectivity index (χ0v) is 18.3. The van der Waals surface area contributed by atoms with Gasteiger partial charge in [-0.2, -0.15) is 39.0 Å². The molecule has 1 aromatic carbocycles. The Hall–Kier alpha value is -2.68. The maximum atomic E-state index is 13.7. The van der Waals surface area contributed by atoms with Crippen LogP contribution in [0.3, 0.4) is 0 Å². The number of hydrogen-bond acceptors (Lipinski definition) is 5. The number of thiol groups is 1. The van der Waals surface area contributed by atoms with Crippen molar-refractivity contribution in [1.82, 2.24) is 4.98 Å². The molecule has 0 bridgehead atoms. The fraction of sp³-hybridized carbons (Fsp3) is 0.400. The third kappa shape index (κ3) is 8.19. The predicted octanol–water partition coefficient (Wildman–Crippen LogP) is 5.24. The van der Waals surface area contributed by atoms with Crippen molar-refractivity contribution in [2.24, 2.45) is 0 Å². The Bertz CT molecular complexity index is 1020. The van der Waals surface area contributed by atoms with Crippen molar-refractivity contribution in [1.29, 1.82) is 0 Å². The van der Waals surface area contributed by atoms with E-state index in [0.717, 1.165) is 18.3 Å². The number of halogens is 9. The molecule has 1 aromatic heterocycles. The minimum Gasteiger partial charge on any atom is -0.475 e. The number of benzene rings is 1. The Morgan fingerprint density at radius 2 is 1.69 bits per heavy atom. The summed E-state index contributed by atoms with van der Waals surface area (Å²) in [6.07, 6.45) is -8.22. The Balaban J connectivity index is 0.000000540. The first kappa shape index (κ1) is 28.6. The van der Waals surface area contributed by atoms with E-state index in [1.54, 1.807) is 4.90 Å². The van der Waals surface area contributed by atoms with E-state index in [9.17, 15) is 39.5 Å². The third-order valence-corrected chi connectivity index (χ3v) is 5.04. The van der Waals surface area contributed by atoms with Crippen LogP contribution in [0.5, 0.6) is 0 Å². The van der Waals surface area contributed by atoms with E-state index in [-0.39, 0.29) is 30.1 Å². The predicted molar refractivity (Wildman–Crippen MR) is 107 cm³/mol. The summed E-state index contributed by atoms with van der Waals surface area (Å²) in [5.41, 5.74) is -0.974. The summed E-state index contributed by atoms with van der Waals surface area (Å²) >= 11 is 4.40. The van der Waals surface area contributed by atoms with Gasteiger partial charge in [0.2, 0.25) is 0 Å². The number of hydrogen-bond donors (Lipinski definition) is 2. The second kappa shape index (κ2) is 11.4. The highest BCUT2D eigenvalue weighted by Gasteiger charge is 2.38. The molecule has 1 fully saturated rings. The minimum absolute atomic E-state index is 0.0438. The average Bonchev–Trinajstić information content (AvgIpc) is 3.11. The first-order chi connectivity index (χ1) is 16.1. The summed E-state index contributed by atoms with van der Waals surface area (Å²) < 4.78 is 115. The highest BCUT2D eigenvalue weighted by molar-refractivity contribution is 7.81. The van der Waals surface area contributed by atoms with E-state index in [1.165, 1.54) is 6.07 Å². The van der Waals surface area contributed by atoms with Gasteiger partial charge in [-0.05, 0) is 24.6 Å². The molecule has 35 heavy (non-hydrogen) atoms. The summed E-state index contributed by atoms with van der Waals surface area (Å²) in [7, 11) is 0. The second-order valence-electron chi connectivity index (χ2n) is 7.27. The maximum Gasteiger partial charge on any atom is 0.490 e. The molecule has 0 saturated carbocycles. The van der Waals surface area contributed by atoms with Crippen LogP contribution in [0, 0.1) is 17.5 Å². The van der Waals surface area contributed by atoms with Crippen LogP contribution in [0.1, 0.15) is 17.5 Å². The van der Waals surface area contributed by atoms with E-state index in [0.29, 0.717) is 24.8 Å². The van der Waals surface area contributed by atoms with Crippen molar-refractivity contribution in [3.63, 3.8) is 0 Å². The Morgan fingerprint density at radius 3 is 2.20 bits per heavy atom. The Labute approximate surface area is 197 Å². The number of aromatic nitrogens is 1. The molecule has 15 heteroatoms. The van der Waals surface area contributed by atoms with Crippen LogP contribution in [0.2, 0.25) is 0 Å². The lowest BCUT2D eigenvalue weighted by atomic mass is 10.2. The quantitative estimate of drug-likeness (QED) is 0.311. The number of aliphatic carboxylic acids is 1. The molecule has 0 spiro atoms. The van der Waals surface area contributed by atoms with Crippen molar-refractivity contribution >= 4 is 24.4 Å². The van der Waals surface area contributed by atoms with Crippen molar-refractivity contribution in [3.05, 3.63) is 59.0 Å². The molecule has 2 aromatic rings. The van der Waals surface area contributed by atoms with Gasteiger partial charge in [0.15, 0.2) is 11.6 Å². The molecule has 0 amide bonds. The number of anilines is 1. The molecule has 2 atom stereocenters. The highest BCUT2D eigenvalue weighted by Crippen LogP contribution is 2.32. The fourth-order valence-corrected chi connectivity index (χ4v) is 3.45. The first-order valence-electron chi connectivity index (χ1n) is 9.58. The van der Waals surface area contributed by atoms with Gasteiger partial charge in [0, 0.05) is 29.6 Å². The molecular weight excluding hydrogens is 519 g/mol. The van der Waals surface area contributed by atoms with Crippen LogP contribution in [-0.4, -0.2) is 46.7 Å². The summed E-state index contributed by atoms with van der Waals surface area (Å²) in [4.78, 5) is 14.5. The van der Waals surface area contributed by atoms with E-state index < -0.39 is 41.3 Å². The van der Waals surface area contributed by atoms with Crippen LogP contribution < -0.4 is 4.90 Å². The molecule has 1 N–H and O–H groups in total. The fourth-order valence-electron chi connectivity index (χ4n) is 3.03. The lowest BCUT2D eigenvalue weighted by Gasteiger charge is -2.25. The number of carboxylic acids is 1. The van der Waals surface area contributed by atoms with Gasteiger partial charge in [-0.3, -0.25) is 0 Å². The molecule has 1 saturated heterocycles. The van der Waals surface area contributed by atoms with Gasteiger partial charge in [-0.1, -0.05) is 0 Å². The first-order valence-corrected chi connectivity index (χ1v) is 10.1. The number of pyridine rings is 1. The molecule has 0 radical (unpaired) electrons. The van der Waals surface area contributed by atoms with E-state index in [4.69, 9.17) is 14.6 Å². The lowest BCUT2D eigenvalue weighted by molar-refractivity contribution is -0.192. The van der Waals surface area contributed by atoms with Gasteiger partial charge in [-0.15, -0.1) is 0 Å². The normalized spacial score (nSPS) is 18.3. The lowest BCUT2D eigenvalue weighted by Crippen LogP contribution is -2.34. The van der Waals surface area contributed by atoms with Crippen molar-refractivity contribution in [3.8, 4) is 0 Å². The summed E-state index contributed by atoms with van der Waals surface area (Å²) in [5, 5.41) is 7.08. The minimum atomic E-state index is -5.08. The van der Waals surface area contributed by atoms with E-state index >= 15 is 0 Å². The van der Waals surface area contributed by atoms with Gasteiger partial charge < -0.3 is 14.7 Å². The van der Waals surface area contributed by atoms with Gasteiger partial charge in [0.1, 0.15) is 11.6 Å². The number of ether oxygens (including phenoxy) is 1. The van der Waals surface area contributed by atoms with Crippen molar-refractivity contribution < 1.29 is 54.2 Å². The summed E-state index contributed by atoms with van der Waals surface area (Å²) in [6.45, 7) is 0.276. The molecule has 3 rings (SSSR count). The molecule has 194 valence electrons. The van der Waals surface area contributed by atoms with Crippen LogP contribution in [0.25, 0.3) is 0 Å². The Kier molecular flexibility index (Phi) is 9.28. The zero-order chi connectivity index (χ0) is 26.6. The number of rotatable bonds is 5. The van der Waals surface area contributed by atoms with E-state index in [2.05, 4.69) is 17.6 Å².